The molecule has 116 valence electrons. The summed E-state index contributed by atoms with van der Waals surface area (Å²) >= 11 is 0. The fraction of sp³-hybridized carbons (Fsp3) is 0.667. The van der Waals surface area contributed by atoms with E-state index >= 15 is 0 Å². The zero-order valence-corrected chi connectivity index (χ0v) is 13.2. The van der Waals surface area contributed by atoms with Gasteiger partial charge in [-0.05, 0) is 42.9 Å². The molecule has 3 rings (SSSR count). The second-order valence-corrected chi connectivity index (χ2v) is 6.37. The molecule has 3 heteroatoms. The van der Waals surface area contributed by atoms with Gasteiger partial charge in [-0.3, -0.25) is 4.90 Å². The van der Waals surface area contributed by atoms with Crippen LogP contribution >= 0.6 is 0 Å². The van der Waals surface area contributed by atoms with Gasteiger partial charge in [-0.1, -0.05) is 31.2 Å². The lowest BCUT2D eigenvalue weighted by molar-refractivity contribution is 0.143. The Labute approximate surface area is 128 Å². The van der Waals surface area contributed by atoms with Gasteiger partial charge in [-0.2, -0.15) is 0 Å². The summed E-state index contributed by atoms with van der Waals surface area (Å²) in [7, 11) is 0. The molecule has 2 unspecified atom stereocenters. The summed E-state index contributed by atoms with van der Waals surface area (Å²) in [6, 6.07) is 9.75. The van der Waals surface area contributed by atoms with E-state index in [0.29, 0.717) is 6.04 Å². The van der Waals surface area contributed by atoms with E-state index in [1.807, 2.05) is 0 Å². The Balaban J connectivity index is 1.62. The highest BCUT2D eigenvalue weighted by Gasteiger charge is 2.25. The van der Waals surface area contributed by atoms with Crippen molar-refractivity contribution in [1.29, 1.82) is 0 Å². The number of aryl methyl sites for hydroxylation is 1. The van der Waals surface area contributed by atoms with Crippen molar-refractivity contribution in [3.63, 3.8) is 0 Å². The molecule has 3 nitrogen and oxygen atoms in total. The summed E-state index contributed by atoms with van der Waals surface area (Å²) in [6.07, 6.45) is 3.65. The smallest absolute Gasteiger partial charge is 0.0495 e. The summed E-state index contributed by atoms with van der Waals surface area (Å²) in [4.78, 5) is 2.66. The van der Waals surface area contributed by atoms with E-state index in [4.69, 9.17) is 4.74 Å². The number of piperazine rings is 1. The summed E-state index contributed by atoms with van der Waals surface area (Å²) in [5.41, 5.74) is 2.89. The maximum absolute atomic E-state index is 5.50. The van der Waals surface area contributed by atoms with Crippen LogP contribution in [0.25, 0.3) is 0 Å². The Bertz CT molecular complexity index is 425. The summed E-state index contributed by atoms with van der Waals surface area (Å²) < 4.78 is 5.50. The van der Waals surface area contributed by atoms with Gasteiger partial charge >= 0.3 is 0 Å². The van der Waals surface area contributed by atoms with Crippen LogP contribution in [0.5, 0.6) is 0 Å². The summed E-state index contributed by atoms with van der Waals surface area (Å²) in [6.45, 7) is 8.71. The fourth-order valence-corrected chi connectivity index (χ4v) is 3.48. The van der Waals surface area contributed by atoms with Crippen LogP contribution in [0.1, 0.15) is 36.9 Å². The fourth-order valence-electron chi connectivity index (χ4n) is 3.48. The molecule has 1 aromatic rings. The van der Waals surface area contributed by atoms with E-state index in [-0.39, 0.29) is 0 Å². The molecule has 1 aromatic carbocycles. The molecular formula is C18H28N2O. The maximum atomic E-state index is 5.50. The third kappa shape index (κ3) is 3.85. The van der Waals surface area contributed by atoms with Crippen molar-refractivity contribution < 1.29 is 4.74 Å². The zero-order valence-electron chi connectivity index (χ0n) is 13.2. The standard InChI is InChI=1S/C18H28N2O/c1-2-15-3-5-17(6-4-15)18-13-19-9-11-20(18)10-7-16-8-12-21-14-16/h3-6,16,18-19H,2,7-14H2,1H3. The molecule has 0 bridgehead atoms. The topological polar surface area (TPSA) is 24.5 Å². The first-order chi connectivity index (χ1) is 10.4. The van der Waals surface area contributed by atoms with Crippen molar-refractivity contribution in [2.24, 2.45) is 5.92 Å². The van der Waals surface area contributed by atoms with Gasteiger partial charge in [-0.15, -0.1) is 0 Å². The summed E-state index contributed by atoms with van der Waals surface area (Å²) in [5, 5.41) is 3.55. The number of rotatable bonds is 5. The van der Waals surface area contributed by atoms with Gasteiger partial charge in [0, 0.05) is 38.9 Å². The van der Waals surface area contributed by atoms with Gasteiger partial charge in [0.15, 0.2) is 0 Å². The molecule has 2 aliphatic rings. The van der Waals surface area contributed by atoms with Crippen LogP contribution < -0.4 is 5.32 Å². The van der Waals surface area contributed by atoms with Gasteiger partial charge in [-0.25, -0.2) is 0 Å². The van der Waals surface area contributed by atoms with Gasteiger partial charge in [0.1, 0.15) is 0 Å². The molecule has 0 saturated carbocycles. The molecule has 21 heavy (non-hydrogen) atoms. The molecule has 0 aromatic heterocycles. The van der Waals surface area contributed by atoms with Crippen LogP contribution in [0.2, 0.25) is 0 Å². The highest BCUT2D eigenvalue weighted by molar-refractivity contribution is 5.25. The zero-order chi connectivity index (χ0) is 14.5. The van der Waals surface area contributed by atoms with Crippen LogP contribution in [0.15, 0.2) is 24.3 Å². The first-order valence-electron chi connectivity index (χ1n) is 8.48. The molecule has 2 aliphatic heterocycles. The second kappa shape index (κ2) is 7.39. The minimum absolute atomic E-state index is 0.534. The number of hydrogen-bond acceptors (Lipinski definition) is 3. The van der Waals surface area contributed by atoms with Crippen molar-refractivity contribution in [1.82, 2.24) is 10.2 Å². The van der Waals surface area contributed by atoms with Crippen molar-refractivity contribution in [3.05, 3.63) is 35.4 Å². The van der Waals surface area contributed by atoms with Crippen molar-refractivity contribution in [3.8, 4) is 0 Å². The maximum Gasteiger partial charge on any atom is 0.0495 e. The highest BCUT2D eigenvalue weighted by Crippen LogP contribution is 2.25. The van der Waals surface area contributed by atoms with Crippen LogP contribution in [0.4, 0.5) is 0 Å². The largest absolute Gasteiger partial charge is 0.381 e. The summed E-state index contributed by atoms with van der Waals surface area (Å²) in [5.74, 6) is 0.781. The van der Waals surface area contributed by atoms with E-state index in [2.05, 4.69) is 41.4 Å². The lowest BCUT2D eigenvalue weighted by atomic mass is 9.99. The Morgan fingerprint density at radius 1 is 1.29 bits per heavy atom. The molecule has 0 aliphatic carbocycles. The number of hydrogen-bond donors (Lipinski definition) is 1. The molecule has 1 N–H and O–H groups in total. The molecule has 2 atom stereocenters. The Kier molecular flexibility index (Phi) is 5.28. The van der Waals surface area contributed by atoms with E-state index in [9.17, 15) is 0 Å². The Morgan fingerprint density at radius 3 is 2.86 bits per heavy atom. The second-order valence-electron chi connectivity index (χ2n) is 6.37. The van der Waals surface area contributed by atoms with Crippen LogP contribution in [0.3, 0.4) is 0 Å². The average Bonchev–Trinajstić information content (AvgIpc) is 3.07. The lowest BCUT2D eigenvalue weighted by Crippen LogP contribution is -2.46. The first kappa shape index (κ1) is 15.0. The van der Waals surface area contributed by atoms with E-state index in [1.54, 1.807) is 0 Å². The van der Waals surface area contributed by atoms with Crippen LogP contribution in [0, 0.1) is 5.92 Å². The lowest BCUT2D eigenvalue weighted by Gasteiger charge is -2.37. The van der Waals surface area contributed by atoms with E-state index in [0.717, 1.165) is 45.2 Å². The number of ether oxygens (including phenoxy) is 1. The van der Waals surface area contributed by atoms with E-state index < -0.39 is 0 Å². The quantitative estimate of drug-likeness (QED) is 0.901. The number of nitrogens with zero attached hydrogens (tertiary/aromatic N) is 1. The molecule has 2 saturated heterocycles. The normalized spacial score (nSPS) is 27.1. The molecule has 0 amide bonds. The third-order valence-corrected chi connectivity index (χ3v) is 4.98. The number of benzene rings is 1. The van der Waals surface area contributed by atoms with Gasteiger partial charge in [0.25, 0.3) is 0 Å². The predicted molar refractivity (Wildman–Crippen MR) is 86.5 cm³/mol. The molecule has 0 spiro atoms. The van der Waals surface area contributed by atoms with Gasteiger partial charge in [0.05, 0.1) is 0 Å². The van der Waals surface area contributed by atoms with Crippen LogP contribution in [-0.2, 0) is 11.2 Å². The molecule has 2 fully saturated rings. The van der Waals surface area contributed by atoms with Gasteiger partial charge in [0.2, 0.25) is 0 Å². The molecule has 0 radical (unpaired) electrons. The first-order valence-corrected chi connectivity index (χ1v) is 8.48. The minimum atomic E-state index is 0.534. The highest BCUT2D eigenvalue weighted by atomic mass is 16.5. The Hall–Kier alpha value is -0.900. The van der Waals surface area contributed by atoms with Crippen molar-refractivity contribution in [2.45, 2.75) is 32.2 Å². The monoisotopic (exact) mass is 288 g/mol. The Morgan fingerprint density at radius 2 is 2.14 bits per heavy atom. The van der Waals surface area contributed by atoms with Crippen molar-refractivity contribution in [2.75, 3.05) is 39.4 Å². The van der Waals surface area contributed by atoms with Crippen LogP contribution in [-0.4, -0.2) is 44.3 Å². The van der Waals surface area contributed by atoms with Gasteiger partial charge < -0.3 is 10.1 Å². The predicted octanol–water partition coefficient (Wildman–Crippen LogP) is 2.62. The minimum Gasteiger partial charge on any atom is -0.381 e. The molecular weight excluding hydrogens is 260 g/mol. The SMILES string of the molecule is CCc1ccc(C2CNCCN2CCC2CCOC2)cc1. The van der Waals surface area contributed by atoms with Crippen molar-refractivity contribution >= 4 is 0 Å². The number of nitrogens with one attached hydrogen (secondary N) is 1. The molecule has 2 heterocycles. The average molecular weight is 288 g/mol. The van der Waals surface area contributed by atoms with E-state index in [1.165, 1.54) is 30.5 Å². The third-order valence-electron chi connectivity index (χ3n) is 4.98.